The summed E-state index contributed by atoms with van der Waals surface area (Å²) >= 11 is 3.45. The van der Waals surface area contributed by atoms with E-state index < -0.39 is 5.91 Å². The van der Waals surface area contributed by atoms with Crippen molar-refractivity contribution in [3.8, 4) is 17.6 Å². The number of hydrogen-bond acceptors (Lipinski definition) is 5. The number of ether oxygens (including phenoxy) is 2. The largest absolute Gasteiger partial charge is 0.493 e. The molecule has 2 aromatic rings. The average molecular weight is 416 g/mol. The molecular weight excluding hydrogens is 398 g/mol. The highest BCUT2D eigenvalue weighted by atomic mass is 79.9. The second-order valence-corrected chi connectivity index (χ2v) is 6.28. The van der Waals surface area contributed by atoms with Crippen LogP contribution in [0, 0.1) is 18.3 Å². The summed E-state index contributed by atoms with van der Waals surface area (Å²) < 4.78 is 12.0. The predicted molar refractivity (Wildman–Crippen MR) is 102 cm³/mol. The number of nitriles is 1. The third-order valence-corrected chi connectivity index (χ3v) is 4.12. The molecule has 26 heavy (non-hydrogen) atoms. The molecule has 0 aromatic heterocycles. The van der Waals surface area contributed by atoms with Crippen molar-refractivity contribution in [1.82, 2.24) is 5.43 Å². The zero-order valence-corrected chi connectivity index (χ0v) is 16.0. The van der Waals surface area contributed by atoms with E-state index >= 15 is 0 Å². The van der Waals surface area contributed by atoms with Crippen molar-refractivity contribution < 1.29 is 14.3 Å². The minimum absolute atomic E-state index is 0.242. The van der Waals surface area contributed by atoms with Crippen molar-refractivity contribution in [2.45, 2.75) is 20.0 Å². The minimum Gasteiger partial charge on any atom is -0.493 e. The molecule has 2 aromatic carbocycles. The van der Waals surface area contributed by atoms with Gasteiger partial charge in [-0.2, -0.15) is 10.4 Å². The summed E-state index contributed by atoms with van der Waals surface area (Å²) in [5.74, 6) is 0.667. The highest BCUT2D eigenvalue weighted by Crippen LogP contribution is 2.33. The Balaban J connectivity index is 2.10. The van der Waals surface area contributed by atoms with Crippen LogP contribution in [0.5, 0.6) is 11.5 Å². The van der Waals surface area contributed by atoms with E-state index in [0.29, 0.717) is 23.7 Å². The van der Waals surface area contributed by atoms with Gasteiger partial charge in [0, 0.05) is 10.0 Å². The maximum absolute atomic E-state index is 11.2. The molecule has 0 aliphatic carbocycles. The molecule has 1 N–H and O–H groups in total. The molecule has 2 rings (SSSR count). The Morgan fingerprint density at radius 1 is 1.31 bits per heavy atom. The van der Waals surface area contributed by atoms with E-state index in [0.717, 1.165) is 10.0 Å². The molecule has 134 valence electrons. The first-order valence-corrected chi connectivity index (χ1v) is 8.57. The van der Waals surface area contributed by atoms with Gasteiger partial charge in [-0.25, -0.2) is 5.43 Å². The van der Waals surface area contributed by atoms with Crippen LogP contribution in [0.4, 0.5) is 0 Å². The monoisotopic (exact) mass is 415 g/mol. The van der Waals surface area contributed by atoms with Gasteiger partial charge in [0.05, 0.1) is 19.4 Å². The van der Waals surface area contributed by atoms with Crippen LogP contribution >= 0.6 is 15.9 Å². The maximum Gasteiger partial charge on any atom is 0.254 e. The van der Waals surface area contributed by atoms with Crippen LogP contribution in [0.25, 0.3) is 0 Å². The number of halogens is 1. The quantitative estimate of drug-likeness (QED) is 0.551. The fourth-order valence-electron chi connectivity index (χ4n) is 2.05. The number of nitrogens with zero attached hydrogens (tertiary/aromatic N) is 2. The lowest BCUT2D eigenvalue weighted by Crippen LogP contribution is -2.16. The SMILES string of the molecule is COc1cc(/C=N/NC(=O)CC#N)c(Br)cc1OCc1ccc(C)cc1. The van der Waals surface area contributed by atoms with Crippen molar-refractivity contribution >= 4 is 28.1 Å². The molecule has 0 atom stereocenters. The number of carbonyl (C=O) groups is 1. The predicted octanol–water partition coefficient (Wildman–Crippen LogP) is 3.71. The van der Waals surface area contributed by atoms with Gasteiger partial charge in [0.25, 0.3) is 5.91 Å². The fourth-order valence-corrected chi connectivity index (χ4v) is 2.48. The maximum atomic E-state index is 11.2. The van der Waals surface area contributed by atoms with Gasteiger partial charge in [0.15, 0.2) is 11.5 Å². The topological polar surface area (TPSA) is 83.7 Å². The average Bonchev–Trinajstić information content (AvgIpc) is 2.63. The van der Waals surface area contributed by atoms with Gasteiger partial charge in [0.2, 0.25) is 0 Å². The number of hydrazone groups is 1. The number of benzene rings is 2. The third-order valence-electron chi connectivity index (χ3n) is 3.43. The van der Waals surface area contributed by atoms with Crippen molar-refractivity contribution in [3.63, 3.8) is 0 Å². The van der Waals surface area contributed by atoms with Gasteiger partial charge in [-0.05, 0) is 40.5 Å². The lowest BCUT2D eigenvalue weighted by atomic mass is 10.2. The minimum atomic E-state index is -0.468. The number of hydrogen-bond donors (Lipinski definition) is 1. The Labute approximate surface area is 160 Å². The van der Waals surface area contributed by atoms with Gasteiger partial charge in [-0.15, -0.1) is 0 Å². The molecule has 0 saturated carbocycles. The summed E-state index contributed by atoms with van der Waals surface area (Å²) in [7, 11) is 1.55. The van der Waals surface area contributed by atoms with Gasteiger partial charge in [-0.3, -0.25) is 4.79 Å². The smallest absolute Gasteiger partial charge is 0.254 e. The second kappa shape index (κ2) is 9.59. The number of rotatable bonds is 7. The van der Waals surface area contributed by atoms with E-state index in [4.69, 9.17) is 14.7 Å². The van der Waals surface area contributed by atoms with E-state index in [1.165, 1.54) is 11.8 Å². The van der Waals surface area contributed by atoms with Gasteiger partial charge < -0.3 is 9.47 Å². The molecule has 0 unspecified atom stereocenters. The summed E-state index contributed by atoms with van der Waals surface area (Å²) in [5, 5.41) is 12.3. The molecule has 0 fully saturated rings. The zero-order valence-electron chi connectivity index (χ0n) is 14.5. The number of carbonyl (C=O) groups excluding carboxylic acids is 1. The van der Waals surface area contributed by atoms with Gasteiger partial charge >= 0.3 is 0 Å². The molecule has 7 heteroatoms. The molecule has 0 aliphatic rings. The number of aryl methyl sites for hydroxylation is 1. The van der Waals surface area contributed by atoms with Crippen molar-refractivity contribution in [2.75, 3.05) is 7.11 Å². The van der Waals surface area contributed by atoms with Gasteiger partial charge in [0.1, 0.15) is 13.0 Å². The summed E-state index contributed by atoms with van der Waals surface area (Å²) in [4.78, 5) is 11.2. The van der Waals surface area contributed by atoms with Crippen LogP contribution in [0.3, 0.4) is 0 Å². The Morgan fingerprint density at radius 2 is 2.04 bits per heavy atom. The normalized spacial score (nSPS) is 10.4. The standard InChI is InChI=1S/C19H18BrN3O3/c1-13-3-5-14(6-4-13)12-26-18-10-16(20)15(9-17(18)25-2)11-22-23-19(24)7-8-21/h3-6,9-11H,7,12H2,1-2H3,(H,23,24)/b22-11+. The van der Waals surface area contributed by atoms with Gasteiger partial charge in [-0.1, -0.05) is 29.8 Å². The summed E-state index contributed by atoms with van der Waals surface area (Å²) in [6, 6.07) is 13.4. The van der Waals surface area contributed by atoms with Crippen molar-refractivity contribution in [2.24, 2.45) is 5.10 Å². The molecule has 6 nitrogen and oxygen atoms in total. The van der Waals surface area contributed by atoms with Crippen LogP contribution in [0.15, 0.2) is 46.0 Å². The summed E-state index contributed by atoms with van der Waals surface area (Å²) in [6.07, 6.45) is 1.22. The highest BCUT2D eigenvalue weighted by Gasteiger charge is 2.10. The molecule has 0 bridgehead atoms. The molecule has 0 radical (unpaired) electrons. The first kappa shape index (κ1) is 19.5. The Kier molecular flexibility index (Phi) is 7.18. The lowest BCUT2D eigenvalue weighted by Gasteiger charge is -2.13. The van der Waals surface area contributed by atoms with Crippen LogP contribution < -0.4 is 14.9 Å². The fraction of sp³-hybridized carbons (Fsp3) is 0.211. The van der Waals surface area contributed by atoms with E-state index in [2.05, 4.69) is 26.5 Å². The molecule has 0 aliphatic heterocycles. The molecule has 0 heterocycles. The molecular formula is C19H18BrN3O3. The van der Waals surface area contributed by atoms with Crippen molar-refractivity contribution in [1.29, 1.82) is 5.26 Å². The summed E-state index contributed by atoms with van der Waals surface area (Å²) in [5.41, 5.74) is 5.22. The van der Waals surface area contributed by atoms with Crippen LogP contribution in [-0.2, 0) is 11.4 Å². The number of amides is 1. The molecule has 0 saturated heterocycles. The Morgan fingerprint density at radius 3 is 2.69 bits per heavy atom. The third kappa shape index (κ3) is 5.60. The second-order valence-electron chi connectivity index (χ2n) is 5.43. The highest BCUT2D eigenvalue weighted by molar-refractivity contribution is 9.10. The Hall–Kier alpha value is -2.85. The Bertz CT molecular complexity index is 842. The number of methoxy groups -OCH3 is 1. The first-order valence-electron chi connectivity index (χ1n) is 7.78. The van der Waals surface area contributed by atoms with E-state index in [1.54, 1.807) is 25.3 Å². The van der Waals surface area contributed by atoms with Crippen LogP contribution in [0.1, 0.15) is 23.1 Å². The summed E-state index contributed by atoms with van der Waals surface area (Å²) in [6.45, 7) is 2.45. The first-order chi connectivity index (χ1) is 12.5. The molecule has 1 amide bonds. The van der Waals surface area contributed by atoms with E-state index in [1.807, 2.05) is 31.2 Å². The van der Waals surface area contributed by atoms with Crippen LogP contribution in [0.2, 0.25) is 0 Å². The van der Waals surface area contributed by atoms with E-state index in [-0.39, 0.29) is 6.42 Å². The zero-order chi connectivity index (χ0) is 18.9. The lowest BCUT2D eigenvalue weighted by molar-refractivity contribution is -0.120. The van der Waals surface area contributed by atoms with E-state index in [9.17, 15) is 4.79 Å². The molecule has 0 spiro atoms. The van der Waals surface area contributed by atoms with Crippen molar-refractivity contribution in [3.05, 3.63) is 57.6 Å². The van der Waals surface area contributed by atoms with Crippen LogP contribution in [-0.4, -0.2) is 19.2 Å². The number of nitrogens with one attached hydrogen (secondary N) is 1.